The molecule has 0 aromatic carbocycles. The minimum absolute atomic E-state index is 0.637. The van der Waals surface area contributed by atoms with E-state index in [-0.39, 0.29) is 0 Å². The largest absolute Gasteiger partial charge is 0.296 e. The van der Waals surface area contributed by atoms with E-state index in [2.05, 4.69) is 29.8 Å². The van der Waals surface area contributed by atoms with Gasteiger partial charge in [-0.2, -0.15) is 0 Å². The van der Waals surface area contributed by atoms with Gasteiger partial charge in [0.2, 0.25) is 0 Å². The molecule has 17 heavy (non-hydrogen) atoms. The predicted molar refractivity (Wildman–Crippen MR) is 72.0 cm³/mol. The molecule has 0 unspecified atom stereocenters. The number of aromatic nitrogens is 1. The summed E-state index contributed by atoms with van der Waals surface area (Å²) in [7, 11) is 0. The van der Waals surface area contributed by atoms with E-state index < -0.39 is 0 Å². The second kappa shape index (κ2) is 6.15. The van der Waals surface area contributed by atoms with Gasteiger partial charge in [0.05, 0.1) is 0 Å². The van der Waals surface area contributed by atoms with E-state index in [1.54, 1.807) is 0 Å². The van der Waals surface area contributed by atoms with Crippen molar-refractivity contribution < 1.29 is 0 Å². The summed E-state index contributed by atoms with van der Waals surface area (Å²) in [6.07, 6.45) is 10.6. The lowest BCUT2D eigenvalue weighted by Crippen LogP contribution is -2.34. The summed E-state index contributed by atoms with van der Waals surface area (Å²) in [5.41, 5.74) is 2.84. The lowest BCUT2D eigenvalue weighted by atomic mass is 9.93. The first kappa shape index (κ1) is 12.6. The molecular weight excluding hydrogens is 208 g/mol. The van der Waals surface area contributed by atoms with E-state index in [9.17, 15) is 0 Å². The van der Waals surface area contributed by atoms with Gasteiger partial charge in [-0.3, -0.25) is 9.88 Å². The summed E-state index contributed by atoms with van der Waals surface area (Å²) in [5.74, 6) is 0. The van der Waals surface area contributed by atoms with Gasteiger partial charge in [-0.15, -0.1) is 0 Å². The minimum Gasteiger partial charge on any atom is -0.296 e. The molecular formula is C15H24N2. The standard InChI is InChI=1S/C15H24N2/c1-3-4-10-17-11-6-5-7-15(17)14-8-9-16-12-13(14)2/h8-9,12,15H,3-7,10-11H2,1-2H3/t15-/m1/s1. The zero-order valence-corrected chi connectivity index (χ0v) is 11.2. The quantitative estimate of drug-likeness (QED) is 0.786. The van der Waals surface area contributed by atoms with Crippen molar-refractivity contribution in [2.45, 2.75) is 52.0 Å². The predicted octanol–water partition coefficient (Wildman–Crippen LogP) is 3.72. The number of aryl methyl sites for hydroxylation is 1. The van der Waals surface area contributed by atoms with E-state index in [1.807, 2.05) is 12.4 Å². The van der Waals surface area contributed by atoms with Crippen molar-refractivity contribution in [2.24, 2.45) is 0 Å². The molecule has 1 aromatic rings. The number of rotatable bonds is 4. The summed E-state index contributed by atoms with van der Waals surface area (Å²) in [4.78, 5) is 6.88. The molecule has 1 saturated heterocycles. The van der Waals surface area contributed by atoms with Gasteiger partial charge in [-0.05, 0) is 56.5 Å². The van der Waals surface area contributed by atoms with E-state index in [1.165, 1.54) is 56.3 Å². The third-order valence-corrected chi connectivity index (χ3v) is 3.84. The Hall–Kier alpha value is -0.890. The highest BCUT2D eigenvalue weighted by Crippen LogP contribution is 2.32. The van der Waals surface area contributed by atoms with E-state index in [0.29, 0.717) is 6.04 Å². The fourth-order valence-corrected chi connectivity index (χ4v) is 2.83. The highest BCUT2D eigenvalue weighted by atomic mass is 15.2. The normalized spacial score (nSPS) is 21.6. The second-order valence-electron chi connectivity index (χ2n) is 5.13. The lowest BCUT2D eigenvalue weighted by Gasteiger charge is -2.36. The Bertz CT molecular complexity index is 349. The summed E-state index contributed by atoms with van der Waals surface area (Å²) in [5, 5.41) is 0. The van der Waals surface area contributed by atoms with Crippen LogP contribution in [0.15, 0.2) is 18.5 Å². The first-order valence-electron chi connectivity index (χ1n) is 6.97. The van der Waals surface area contributed by atoms with Gasteiger partial charge in [-0.1, -0.05) is 19.8 Å². The molecule has 0 aliphatic carbocycles. The third kappa shape index (κ3) is 3.06. The second-order valence-corrected chi connectivity index (χ2v) is 5.13. The molecule has 1 aliphatic rings. The SMILES string of the molecule is CCCCN1CCCC[C@@H]1c1ccncc1C. The van der Waals surface area contributed by atoms with Crippen LogP contribution in [0.5, 0.6) is 0 Å². The van der Waals surface area contributed by atoms with Gasteiger partial charge in [0.1, 0.15) is 0 Å². The van der Waals surface area contributed by atoms with Crippen LogP contribution >= 0.6 is 0 Å². The van der Waals surface area contributed by atoms with Crippen LogP contribution in [0.4, 0.5) is 0 Å². The Morgan fingerprint density at radius 3 is 3.06 bits per heavy atom. The van der Waals surface area contributed by atoms with Crippen LogP contribution in [-0.4, -0.2) is 23.0 Å². The van der Waals surface area contributed by atoms with Gasteiger partial charge in [-0.25, -0.2) is 0 Å². The zero-order chi connectivity index (χ0) is 12.1. The number of likely N-dealkylation sites (tertiary alicyclic amines) is 1. The number of hydrogen-bond donors (Lipinski definition) is 0. The van der Waals surface area contributed by atoms with Gasteiger partial charge >= 0.3 is 0 Å². The van der Waals surface area contributed by atoms with Crippen molar-refractivity contribution in [1.29, 1.82) is 0 Å². The van der Waals surface area contributed by atoms with Crippen LogP contribution in [0.3, 0.4) is 0 Å². The molecule has 0 bridgehead atoms. The Kier molecular flexibility index (Phi) is 4.55. The van der Waals surface area contributed by atoms with Crippen molar-refractivity contribution >= 4 is 0 Å². The lowest BCUT2D eigenvalue weighted by molar-refractivity contribution is 0.146. The molecule has 0 saturated carbocycles. The Balaban J connectivity index is 2.13. The Morgan fingerprint density at radius 1 is 1.41 bits per heavy atom. The highest BCUT2D eigenvalue weighted by Gasteiger charge is 2.24. The van der Waals surface area contributed by atoms with Crippen molar-refractivity contribution in [3.63, 3.8) is 0 Å². The fraction of sp³-hybridized carbons (Fsp3) is 0.667. The summed E-state index contributed by atoms with van der Waals surface area (Å²) < 4.78 is 0. The first-order valence-corrected chi connectivity index (χ1v) is 6.97. The average molecular weight is 232 g/mol. The molecule has 0 N–H and O–H groups in total. The molecule has 0 radical (unpaired) electrons. The molecule has 1 aliphatic heterocycles. The highest BCUT2D eigenvalue weighted by molar-refractivity contribution is 5.25. The third-order valence-electron chi connectivity index (χ3n) is 3.84. The van der Waals surface area contributed by atoms with E-state index >= 15 is 0 Å². The molecule has 2 nitrogen and oxygen atoms in total. The van der Waals surface area contributed by atoms with Crippen LogP contribution in [-0.2, 0) is 0 Å². The van der Waals surface area contributed by atoms with Crippen molar-refractivity contribution in [1.82, 2.24) is 9.88 Å². The van der Waals surface area contributed by atoms with Crippen LogP contribution in [0.2, 0.25) is 0 Å². The fourth-order valence-electron chi connectivity index (χ4n) is 2.83. The summed E-state index contributed by atoms with van der Waals surface area (Å²) in [6.45, 7) is 6.99. The van der Waals surface area contributed by atoms with Crippen LogP contribution in [0.25, 0.3) is 0 Å². The van der Waals surface area contributed by atoms with E-state index in [4.69, 9.17) is 0 Å². The number of hydrogen-bond acceptors (Lipinski definition) is 2. The van der Waals surface area contributed by atoms with Crippen molar-refractivity contribution in [3.05, 3.63) is 29.6 Å². The molecule has 2 rings (SSSR count). The molecule has 1 fully saturated rings. The maximum absolute atomic E-state index is 4.21. The van der Waals surface area contributed by atoms with Gasteiger partial charge in [0, 0.05) is 18.4 Å². The van der Waals surface area contributed by atoms with Crippen molar-refractivity contribution in [3.8, 4) is 0 Å². The monoisotopic (exact) mass is 232 g/mol. The average Bonchev–Trinajstić information content (AvgIpc) is 2.37. The first-order chi connectivity index (χ1) is 8.33. The van der Waals surface area contributed by atoms with Crippen LogP contribution < -0.4 is 0 Å². The van der Waals surface area contributed by atoms with Gasteiger partial charge in [0.15, 0.2) is 0 Å². The summed E-state index contributed by atoms with van der Waals surface area (Å²) >= 11 is 0. The summed E-state index contributed by atoms with van der Waals surface area (Å²) in [6, 6.07) is 2.85. The number of pyridine rings is 1. The molecule has 0 amide bonds. The number of piperidine rings is 1. The Morgan fingerprint density at radius 2 is 2.29 bits per heavy atom. The molecule has 1 atom stereocenters. The molecule has 2 heteroatoms. The van der Waals surface area contributed by atoms with Crippen LogP contribution in [0.1, 0.15) is 56.2 Å². The maximum Gasteiger partial charge on any atom is 0.0351 e. The molecule has 2 heterocycles. The maximum atomic E-state index is 4.21. The minimum atomic E-state index is 0.637. The van der Waals surface area contributed by atoms with E-state index in [0.717, 1.165) is 0 Å². The van der Waals surface area contributed by atoms with Gasteiger partial charge < -0.3 is 0 Å². The smallest absolute Gasteiger partial charge is 0.0351 e. The molecule has 0 spiro atoms. The molecule has 94 valence electrons. The van der Waals surface area contributed by atoms with Crippen LogP contribution in [0, 0.1) is 6.92 Å². The topological polar surface area (TPSA) is 16.1 Å². The van der Waals surface area contributed by atoms with Crippen molar-refractivity contribution in [2.75, 3.05) is 13.1 Å². The number of unbranched alkanes of at least 4 members (excludes halogenated alkanes) is 1. The van der Waals surface area contributed by atoms with Gasteiger partial charge in [0.25, 0.3) is 0 Å². The Labute approximate surface area is 105 Å². The number of nitrogens with zero attached hydrogens (tertiary/aromatic N) is 2. The zero-order valence-electron chi connectivity index (χ0n) is 11.2. The molecule has 1 aromatic heterocycles.